The number of carbonyl (C=O) groups excluding carboxylic acids is 1. The highest BCUT2D eigenvalue weighted by atomic mass is 79.9. The highest BCUT2D eigenvalue weighted by molar-refractivity contribution is 9.10. The average molecular weight is 406 g/mol. The monoisotopic (exact) mass is 405 g/mol. The first-order chi connectivity index (χ1) is 11.8. The molecule has 0 atom stereocenters. The Bertz CT molecular complexity index is 1030. The Hall–Kier alpha value is -2.22. The number of hydrogen-bond donors (Lipinski definition) is 0. The Labute approximate surface area is 153 Å². The molecular weight excluding hydrogens is 386 g/mol. The lowest BCUT2D eigenvalue weighted by atomic mass is 10.1. The van der Waals surface area contributed by atoms with Gasteiger partial charge in [-0.3, -0.25) is 14.2 Å². The van der Waals surface area contributed by atoms with Gasteiger partial charge in [-0.2, -0.15) is 5.10 Å². The molecule has 0 radical (unpaired) electrons. The first-order valence-electron chi connectivity index (χ1n) is 8.12. The number of carbonyl (C=O) groups is 1. The van der Waals surface area contributed by atoms with Gasteiger partial charge in [-0.15, -0.1) is 0 Å². The molecule has 132 valence electrons. The Morgan fingerprint density at radius 1 is 1.32 bits per heavy atom. The summed E-state index contributed by atoms with van der Waals surface area (Å²) in [4.78, 5) is 29.7. The third kappa shape index (κ3) is 2.95. The lowest BCUT2D eigenvalue weighted by Gasteiger charge is -2.08. The van der Waals surface area contributed by atoms with Crippen molar-refractivity contribution < 1.29 is 4.79 Å². The van der Waals surface area contributed by atoms with Gasteiger partial charge in [0.1, 0.15) is 16.3 Å². The zero-order valence-corrected chi connectivity index (χ0v) is 16.3. The van der Waals surface area contributed by atoms with E-state index in [1.54, 1.807) is 7.05 Å². The SMILES string of the molecule is CCCn1c(C)cc(C(=O)Cn2cnc3c(c(Br)nn3C)c2=O)c1C. The molecule has 0 saturated carbocycles. The minimum atomic E-state index is -0.277. The summed E-state index contributed by atoms with van der Waals surface area (Å²) in [6.07, 6.45) is 2.40. The number of fused-ring (bicyclic) bond motifs is 1. The number of rotatable bonds is 5. The number of aryl methyl sites for hydroxylation is 2. The molecule has 7 nitrogen and oxygen atoms in total. The van der Waals surface area contributed by atoms with E-state index in [1.807, 2.05) is 19.9 Å². The van der Waals surface area contributed by atoms with Crippen LogP contribution in [0.5, 0.6) is 0 Å². The van der Waals surface area contributed by atoms with Gasteiger partial charge >= 0.3 is 0 Å². The summed E-state index contributed by atoms with van der Waals surface area (Å²) < 4.78 is 5.44. The van der Waals surface area contributed by atoms with Crippen molar-refractivity contribution in [1.82, 2.24) is 23.9 Å². The summed E-state index contributed by atoms with van der Waals surface area (Å²) in [6, 6.07) is 1.89. The van der Waals surface area contributed by atoms with Crippen LogP contribution >= 0.6 is 15.9 Å². The lowest BCUT2D eigenvalue weighted by Crippen LogP contribution is -2.25. The zero-order chi connectivity index (χ0) is 18.3. The van der Waals surface area contributed by atoms with Gasteiger partial charge in [0, 0.05) is 30.5 Å². The van der Waals surface area contributed by atoms with Gasteiger partial charge in [-0.25, -0.2) is 9.67 Å². The van der Waals surface area contributed by atoms with Gasteiger partial charge in [0.25, 0.3) is 5.56 Å². The lowest BCUT2D eigenvalue weighted by molar-refractivity contribution is 0.0970. The Balaban J connectivity index is 1.98. The van der Waals surface area contributed by atoms with Crippen molar-refractivity contribution in [3.05, 3.63) is 44.3 Å². The van der Waals surface area contributed by atoms with Gasteiger partial charge in [-0.1, -0.05) is 6.92 Å². The fourth-order valence-electron chi connectivity index (χ4n) is 3.14. The molecule has 3 aromatic heterocycles. The largest absolute Gasteiger partial charge is 0.348 e. The fraction of sp³-hybridized carbons (Fsp3) is 0.412. The highest BCUT2D eigenvalue weighted by Gasteiger charge is 2.18. The Morgan fingerprint density at radius 3 is 2.72 bits per heavy atom. The number of halogens is 1. The van der Waals surface area contributed by atoms with E-state index >= 15 is 0 Å². The van der Waals surface area contributed by atoms with E-state index in [0.29, 0.717) is 21.2 Å². The van der Waals surface area contributed by atoms with Crippen molar-refractivity contribution >= 4 is 32.7 Å². The molecule has 0 aromatic carbocycles. The minimum absolute atomic E-state index is 0.0421. The van der Waals surface area contributed by atoms with Crippen molar-refractivity contribution in [1.29, 1.82) is 0 Å². The second kappa shape index (κ2) is 6.59. The molecule has 3 heterocycles. The maximum Gasteiger partial charge on any atom is 0.266 e. The average Bonchev–Trinajstić information content (AvgIpc) is 3.01. The van der Waals surface area contributed by atoms with Crippen LogP contribution in [0.15, 0.2) is 21.8 Å². The van der Waals surface area contributed by atoms with Gasteiger partial charge in [0.2, 0.25) is 0 Å². The minimum Gasteiger partial charge on any atom is -0.348 e. The molecule has 0 aliphatic carbocycles. The standard InChI is InChI=1S/C17H20BrN5O2/c1-5-6-23-10(2)7-12(11(23)3)13(24)8-22-9-19-16-14(17(22)25)15(18)20-21(16)4/h7,9H,5-6,8H2,1-4H3. The first-order valence-corrected chi connectivity index (χ1v) is 8.92. The molecule has 0 amide bonds. The van der Waals surface area contributed by atoms with Crippen LogP contribution in [0.4, 0.5) is 0 Å². The molecule has 8 heteroatoms. The summed E-state index contributed by atoms with van der Waals surface area (Å²) >= 11 is 3.28. The first kappa shape index (κ1) is 17.6. The van der Waals surface area contributed by atoms with Crippen LogP contribution < -0.4 is 5.56 Å². The second-order valence-electron chi connectivity index (χ2n) is 6.15. The van der Waals surface area contributed by atoms with Crippen LogP contribution in [0.25, 0.3) is 11.0 Å². The van der Waals surface area contributed by atoms with E-state index in [2.05, 4.69) is 37.5 Å². The summed E-state index contributed by atoms with van der Waals surface area (Å²) in [7, 11) is 1.72. The molecule has 0 aliphatic heterocycles. The van der Waals surface area contributed by atoms with E-state index in [-0.39, 0.29) is 17.9 Å². The summed E-state index contributed by atoms with van der Waals surface area (Å²) in [5.41, 5.74) is 2.86. The molecule has 0 fully saturated rings. The van der Waals surface area contributed by atoms with E-state index in [9.17, 15) is 9.59 Å². The smallest absolute Gasteiger partial charge is 0.266 e. The Morgan fingerprint density at radius 2 is 2.04 bits per heavy atom. The topological polar surface area (TPSA) is 74.7 Å². The normalized spacial score (nSPS) is 11.4. The van der Waals surface area contributed by atoms with Crippen molar-refractivity contribution in [2.45, 2.75) is 40.3 Å². The van der Waals surface area contributed by atoms with E-state index in [4.69, 9.17) is 0 Å². The molecule has 3 aromatic rings. The van der Waals surface area contributed by atoms with Crippen LogP contribution in [-0.2, 0) is 20.1 Å². The van der Waals surface area contributed by atoms with E-state index in [0.717, 1.165) is 24.4 Å². The van der Waals surface area contributed by atoms with Crippen LogP contribution in [0, 0.1) is 13.8 Å². The predicted molar refractivity (Wildman–Crippen MR) is 99.0 cm³/mol. The molecule has 0 unspecified atom stereocenters. The molecule has 0 aliphatic rings. The molecule has 25 heavy (non-hydrogen) atoms. The third-order valence-corrected chi connectivity index (χ3v) is 4.96. The third-order valence-electron chi connectivity index (χ3n) is 4.40. The predicted octanol–water partition coefficient (Wildman–Crippen LogP) is 2.60. The summed E-state index contributed by atoms with van der Waals surface area (Å²) in [6.45, 7) is 6.87. The maximum atomic E-state index is 12.7. The number of nitrogens with zero attached hydrogens (tertiary/aromatic N) is 5. The molecule has 3 rings (SSSR count). The Kier molecular flexibility index (Phi) is 4.64. The number of aromatic nitrogens is 5. The van der Waals surface area contributed by atoms with E-state index in [1.165, 1.54) is 15.6 Å². The van der Waals surface area contributed by atoms with Crippen molar-refractivity contribution in [3.63, 3.8) is 0 Å². The molecule has 0 spiro atoms. The van der Waals surface area contributed by atoms with Crippen molar-refractivity contribution in [3.8, 4) is 0 Å². The van der Waals surface area contributed by atoms with Crippen LogP contribution in [0.2, 0.25) is 0 Å². The molecular formula is C17H20BrN5O2. The van der Waals surface area contributed by atoms with Gasteiger partial charge in [0.05, 0.1) is 6.54 Å². The van der Waals surface area contributed by atoms with Gasteiger partial charge < -0.3 is 4.57 Å². The van der Waals surface area contributed by atoms with Crippen molar-refractivity contribution in [2.75, 3.05) is 0 Å². The highest BCUT2D eigenvalue weighted by Crippen LogP contribution is 2.18. The fourth-order valence-corrected chi connectivity index (χ4v) is 3.72. The summed E-state index contributed by atoms with van der Waals surface area (Å²) in [5, 5.41) is 4.53. The maximum absolute atomic E-state index is 12.7. The molecule has 0 N–H and O–H groups in total. The number of hydrogen-bond acceptors (Lipinski definition) is 4. The molecule has 0 saturated heterocycles. The van der Waals surface area contributed by atoms with Gasteiger partial charge in [-0.05, 0) is 42.3 Å². The molecule has 0 bridgehead atoms. The van der Waals surface area contributed by atoms with Crippen LogP contribution in [0.1, 0.15) is 35.1 Å². The zero-order valence-electron chi connectivity index (χ0n) is 14.7. The summed E-state index contributed by atoms with van der Waals surface area (Å²) in [5.74, 6) is -0.0984. The van der Waals surface area contributed by atoms with Crippen molar-refractivity contribution in [2.24, 2.45) is 7.05 Å². The number of Topliss-reactive ketones (excluding diaryl/α,β-unsaturated/α-hetero) is 1. The van der Waals surface area contributed by atoms with Gasteiger partial charge in [0.15, 0.2) is 11.4 Å². The van der Waals surface area contributed by atoms with Crippen LogP contribution in [0.3, 0.4) is 0 Å². The number of ketones is 1. The quantitative estimate of drug-likeness (QED) is 0.611. The van der Waals surface area contributed by atoms with Crippen LogP contribution in [-0.4, -0.2) is 29.7 Å². The van der Waals surface area contributed by atoms with E-state index < -0.39 is 0 Å². The second-order valence-corrected chi connectivity index (χ2v) is 6.90.